The van der Waals surface area contributed by atoms with E-state index < -0.39 is 0 Å². The van der Waals surface area contributed by atoms with Gasteiger partial charge in [-0.25, -0.2) is 4.98 Å². The summed E-state index contributed by atoms with van der Waals surface area (Å²) >= 11 is 1.77. The number of thiazole rings is 1. The van der Waals surface area contributed by atoms with Crippen molar-refractivity contribution >= 4 is 17.2 Å². The summed E-state index contributed by atoms with van der Waals surface area (Å²) in [5.74, 6) is 0.308. The minimum absolute atomic E-state index is 0.0643. The van der Waals surface area contributed by atoms with E-state index in [9.17, 15) is 4.79 Å². The number of nitrogens with zero attached hydrogens (tertiary/aromatic N) is 3. The molecule has 5 nitrogen and oxygen atoms in total. The summed E-state index contributed by atoms with van der Waals surface area (Å²) in [6.07, 6.45) is 5.35. The molecule has 2 aliphatic heterocycles. The lowest BCUT2D eigenvalue weighted by Crippen LogP contribution is -2.54. The Hall–Kier alpha value is -0.980. The number of carbonyl (C=O) groups excluding carboxylic acids is 1. The van der Waals surface area contributed by atoms with Crippen molar-refractivity contribution in [2.45, 2.75) is 38.8 Å². The summed E-state index contributed by atoms with van der Waals surface area (Å²) in [5, 5.41) is 4.49. The third kappa shape index (κ3) is 3.81. The predicted molar refractivity (Wildman–Crippen MR) is 84.3 cm³/mol. The number of aromatic nitrogens is 1. The van der Waals surface area contributed by atoms with E-state index in [1.54, 1.807) is 11.3 Å². The first-order chi connectivity index (χ1) is 10.2. The average Bonchev–Trinajstić information content (AvgIpc) is 2.93. The second-order valence-corrected chi connectivity index (χ2v) is 7.27. The second-order valence-electron chi connectivity index (χ2n) is 5.95. The Bertz CT molecular complexity index is 476. The molecule has 2 aliphatic rings. The number of hydrogen-bond donors (Lipinski definition) is 1. The van der Waals surface area contributed by atoms with Gasteiger partial charge in [-0.15, -0.1) is 11.3 Å². The van der Waals surface area contributed by atoms with E-state index in [-0.39, 0.29) is 6.04 Å². The van der Waals surface area contributed by atoms with Crippen molar-refractivity contribution < 1.29 is 4.79 Å². The monoisotopic (exact) mass is 308 g/mol. The predicted octanol–water partition coefficient (Wildman–Crippen LogP) is 1.24. The van der Waals surface area contributed by atoms with Crippen LogP contribution in [-0.4, -0.2) is 59.5 Å². The quantitative estimate of drug-likeness (QED) is 0.913. The maximum absolute atomic E-state index is 12.5. The lowest BCUT2D eigenvalue weighted by atomic mass is 10.0. The van der Waals surface area contributed by atoms with Gasteiger partial charge in [0.1, 0.15) is 0 Å². The number of amides is 1. The van der Waals surface area contributed by atoms with Crippen LogP contribution >= 0.6 is 11.3 Å². The Labute approximate surface area is 130 Å². The Morgan fingerprint density at radius 3 is 2.81 bits per heavy atom. The molecule has 1 N–H and O–H groups in total. The van der Waals surface area contributed by atoms with Crippen LogP contribution in [0.1, 0.15) is 29.1 Å². The highest BCUT2D eigenvalue weighted by atomic mass is 32.1. The Morgan fingerprint density at radius 2 is 2.19 bits per heavy atom. The van der Waals surface area contributed by atoms with Gasteiger partial charge in [-0.2, -0.15) is 0 Å². The minimum atomic E-state index is 0.0643. The zero-order chi connectivity index (χ0) is 14.7. The van der Waals surface area contributed by atoms with E-state index in [1.807, 2.05) is 18.0 Å². The molecule has 3 rings (SSSR count). The number of piperidine rings is 1. The zero-order valence-corrected chi connectivity index (χ0v) is 13.5. The first-order valence-electron chi connectivity index (χ1n) is 7.88. The van der Waals surface area contributed by atoms with Gasteiger partial charge in [0.05, 0.1) is 11.0 Å². The molecule has 1 amide bonds. The second kappa shape index (κ2) is 6.85. The standard InChI is InChI=1S/C15H24N4OS/c1-12-17-10-13(21-12)11-18-6-8-19(9-7-18)15(20)14-4-2-3-5-16-14/h10,14,16H,2-9,11H2,1H3/t14-/m1/s1. The van der Waals surface area contributed by atoms with Gasteiger partial charge in [0.15, 0.2) is 0 Å². The van der Waals surface area contributed by atoms with Gasteiger partial charge >= 0.3 is 0 Å². The Morgan fingerprint density at radius 1 is 1.38 bits per heavy atom. The van der Waals surface area contributed by atoms with Crippen LogP contribution in [0, 0.1) is 6.92 Å². The van der Waals surface area contributed by atoms with Crippen molar-refractivity contribution in [2.75, 3.05) is 32.7 Å². The van der Waals surface area contributed by atoms with Crippen LogP contribution in [0.25, 0.3) is 0 Å². The summed E-state index contributed by atoms with van der Waals surface area (Å²) in [7, 11) is 0. The van der Waals surface area contributed by atoms with E-state index in [0.717, 1.165) is 50.7 Å². The Kier molecular flexibility index (Phi) is 4.87. The van der Waals surface area contributed by atoms with Crippen molar-refractivity contribution in [2.24, 2.45) is 0 Å². The average molecular weight is 308 g/mol. The van der Waals surface area contributed by atoms with Crippen LogP contribution < -0.4 is 5.32 Å². The highest BCUT2D eigenvalue weighted by molar-refractivity contribution is 7.11. The van der Waals surface area contributed by atoms with Crippen LogP contribution in [0.5, 0.6) is 0 Å². The molecule has 0 unspecified atom stereocenters. The van der Waals surface area contributed by atoms with Crippen LogP contribution in [0.4, 0.5) is 0 Å². The highest BCUT2D eigenvalue weighted by Crippen LogP contribution is 2.16. The third-order valence-electron chi connectivity index (χ3n) is 4.34. The Balaban J connectivity index is 1.47. The molecular weight excluding hydrogens is 284 g/mol. The third-order valence-corrected chi connectivity index (χ3v) is 5.24. The smallest absolute Gasteiger partial charge is 0.239 e. The van der Waals surface area contributed by atoms with Crippen molar-refractivity contribution in [3.05, 3.63) is 16.1 Å². The van der Waals surface area contributed by atoms with Crippen molar-refractivity contribution in [3.8, 4) is 0 Å². The summed E-state index contributed by atoms with van der Waals surface area (Å²) in [6, 6.07) is 0.0643. The molecular formula is C15H24N4OS. The van der Waals surface area contributed by atoms with E-state index >= 15 is 0 Å². The summed E-state index contributed by atoms with van der Waals surface area (Å²) in [6.45, 7) is 7.65. The van der Waals surface area contributed by atoms with Crippen LogP contribution in [0.3, 0.4) is 0 Å². The van der Waals surface area contributed by atoms with E-state index in [2.05, 4.69) is 15.2 Å². The molecule has 2 saturated heterocycles. The molecule has 0 spiro atoms. The van der Waals surface area contributed by atoms with E-state index in [0.29, 0.717) is 5.91 Å². The normalized spacial score (nSPS) is 24.2. The van der Waals surface area contributed by atoms with Crippen LogP contribution in [-0.2, 0) is 11.3 Å². The van der Waals surface area contributed by atoms with Crippen LogP contribution in [0.2, 0.25) is 0 Å². The van der Waals surface area contributed by atoms with Gasteiger partial charge in [0, 0.05) is 43.8 Å². The highest BCUT2D eigenvalue weighted by Gasteiger charge is 2.28. The van der Waals surface area contributed by atoms with Crippen molar-refractivity contribution in [1.29, 1.82) is 0 Å². The van der Waals surface area contributed by atoms with Gasteiger partial charge in [-0.1, -0.05) is 6.42 Å². The lowest BCUT2D eigenvalue weighted by molar-refractivity contribution is -0.135. The maximum Gasteiger partial charge on any atom is 0.239 e. The molecule has 2 fully saturated rings. The fourth-order valence-electron chi connectivity index (χ4n) is 3.11. The SMILES string of the molecule is Cc1ncc(CN2CCN(C(=O)[C@H]3CCCCN3)CC2)s1. The van der Waals surface area contributed by atoms with Gasteiger partial charge in [0.25, 0.3) is 0 Å². The molecule has 0 aliphatic carbocycles. The topological polar surface area (TPSA) is 48.5 Å². The first kappa shape index (κ1) is 14.9. The first-order valence-corrected chi connectivity index (χ1v) is 8.70. The fraction of sp³-hybridized carbons (Fsp3) is 0.733. The van der Waals surface area contributed by atoms with E-state index in [1.165, 1.54) is 17.7 Å². The van der Waals surface area contributed by atoms with Gasteiger partial charge in [-0.05, 0) is 26.3 Å². The number of aryl methyl sites for hydroxylation is 1. The van der Waals surface area contributed by atoms with E-state index in [4.69, 9.17) is 0 Å². The molecule has 6 heteroatoms. The molecule has 21 heavy (non-hydrogen) atoms. The van der Waals surface area contributed by atoms with Crippen molar-refractivity contribution in [3.63, 3.8) is 0 Å². The van der Waals surface area contributed by atoms with Gasteiger partial charge < -0.3 is 10.2 Å². The fourth-order valence-corrected chi connectivity index (χ4v) is 3.95. The molecule has 116 valence electrons. The molecule has 1 aromatic heterocycles. The van der Waals surface area contributed by atoms with Gasteiger partial charge in [0.2, 0.25) is 5.91 Å². The number of piperazine rings is 1. The molecule has 1 atom stereocenters. The molecule has 0 aromatic carbocycles. The number of rotatable bonds is 3. The molecule has 0 radical (unpaired) electrons. The molecule has 0 saturated carbocycles. The molecule has 1 aromatic rings. The number of carbonyl (C=O) groups is 1. The van der Waals surface area contributed by atoms with Crippen LogP contribution in [0.15, 0.2) is 6.20 Å². The number of hydrogen-bond acceptors (Lipinski definition) is 5. The summed E-state index contributed by atoms with van der Waals surface area (Å²) < 4.78 is 0. The summed E-state index contributed by atoms with van der Waals surface area (Å²) in [5.41, 5.74) is 0. The summed E-state index contributed by atoms with van der Waals surface area (Å²) in [4.78, 5) is 22.5. The molecule has 0 bridgehead atoms. The minimum Gasteiger partial charge on any atom is -0.339 e. The van der Waals surface area contributed by atoms with Gasteiger partial charge in [-0.3, -0.25) is 9.69 Å². The lowest BCUT2D eigenvalue weighted by Gasteiger charge is -2.37. The van der Waals surface area contributed by atoms with Crippen molar-refractivity contribution in [1.82, 2.24) is 20.1 Å². The molecule has 3 heterocycles. The zero-order valence-electron chi connectivity index (χ0n) is 12.7. The maximum atomic E-state index is 12.5. The number of nitrogens with one attached hydrogen (secondary N) is 1. The largest absolute Gasteiger partial charge is 0.339 e.